The van der Waals surface area contributed by atoms with Crippen LogP contribution in [0.1, 0.15) is 73.6 Å². The third-order valence-electron chi connectivity index (χ3n) is 4.49. The summed E-state index contributed by atoms with van der Waals surface area (Å²) in [4.78, 5) is 11.8. The van der Waals surface area contributed by atoms with Gasteiger partial charge in [0.2, 0.25) is 0 Å². The Morgan fingerprint density at radius 2 is 1.86 bits per heavy atom. The Kier molecular flexibility index (Phi) is 7.67. The molecule has 1 amide bonds. The van der Waals surface area contributed by atoms with E-state index in [-0.39, 0.29) is 6.09 Å². The van der Waals surface area contributed by atoms with Crippen molar-refractivity contribution in [1.29, 1.82) is 0 Å². The predicted octanol–water partition coefficient (Wildman–Crippen LogP) is 4.09. The average Bonchev–Trinajstić information content (AvgIpc) is 2.41. The van der Waals surface area contributed by atoms with Gasteiger partial charge in [-0.05, 0) is 51.9 Å². The van der Waals surface area contributed by atoms with E-state index in [4.69, 9.17) is 4.74 Å². The minimum absolute atomic E-state index is 0.298. The summed E-state index contributed by atoms with van der Waals surface area (Å²) in [6, 6.07) is 1.07. The molecular weight excluding hydrogens is 276 g/mol. The van der Waals surface area contributed by atoms with Gasteiger partial charge in [-0.15, -0.1) is 0 Å². The molecule has 1 aliphatic carbocycles. The normalized spacial score (nSPS) is 24.1. The molecule has 0 bridgehead atoms. The Balaban J connectivity index is 2.49. The molecule has 4 nitrogen and oxygen atoms in total. The van der Waals surface area contributed by atoms with Gasteiger partial charge in [0.25, 0.3) is 0 Å². The number of hydrogen-bond donors (Lipinski definition) is 2. The third kappa shape index (κ3) is 6.99. The van der Waals surface area contributed by atoms with Gasteiger partial charge in [-0.3, -0.25) is 0 Å². The molecule has 0 aromatic rings. The van der Waals surface area contributed by atoms with E-state index in [2.05, 4.69) is 31.4 Å². The first-order valence-electron chi connectivity index (χ1n) is 8.95. The first-order valence-corrected chi connectivity index (χ1v) is 8.95. The van der Waals surface area contributed by atoms with Gasteiger partial charge < -0.3 is 15.4 Å². The van der Waals surface area contributed by atoms with E-state index >= 15 is 0 Å². The lowest BCUT2D eigenvalue weighted by atomic mass is 9.83. The number of carbonyl (C=O) groups excluding carboxylic acids is 1. The van der Waals surface area contributed by atoms with Crippen LogP contribution in [0.15, 0.2) is 0 Å². The molecule has 0 aromatic heterocycles. The molecule has 0 radical (unpaired) electrons. The van der Waals surface area contributed by atoms with Gasteiger partial charge in [0, 0.05) is 18.6 Å². The Hall–Kier alpha value is -0.770. The summed E-state index contributed by atoms with van der Waals surface area (Å²) >= 11 is 0. The van der Waals surface area contributed by atoms with Crippen LogP contribution in [-0.4, -0.2) is 30.3 Å². The van der Waals surface area contributed by atoms with Crippen LogP contribution in [-0.2, 0) is 4.74 Å². The van der Waals surface area contributed by atoms with Crippen molar-refractivity contribution in [2.75, 3.05) is 6.54 Å². The molecule has 1 rings (SSSR count). The van der Waals surface area contributed by atoms with Crippen LogP contribution in [0.3, 0.4) is 0 Å². The second-order valence-corrected chi connectivity index (χ2v) is 7.96. The van der Waals surface area contributed by atoms with Gasteiger partial charge in [-0.1, -0.05) is 33.6 Å². The fourth-order valence-corrected chi connectivity index (χ4v) is 3.26. The summed E-state index contributed by atoms with van der Waals surface area (Å²) in [5.74, 6) is 1.15. The molecule has 1 fully saturated rings. The highest BCUT2D eigenvalue weighted by Crippen LogP contribution is 2.25. The first kappa shape index (κ1) is 19.3. The molecule has 4 heteroatoms. The minimum atomic E-state index is -0.431. The highest BCUT2D eigenvalue weighted by atomic mass is 16.6. The highest BCUT2D eigenvalue weighted by Gasteiger charge is 2.28. The van der Waals surface area contributed by atoms with Crippen molar-refractivity contribution in [1.82, 2.24) is 10.6 Å². The topological polar surface area (TPSA) is 50.4 Å². The van der Waals surface area contributed by atoms with E-state index in [9.17, 15) is 4.79 Å². The van der Waals surface area contributed by atoms with E-state index in [0.717, 1.165) is 6.42 Å². The van der Waals surface area contributed by atoms with Crippen molar-refractivity contribution in [3.63, 3.8) is 0 Å². The number of hydrogen-bond acceptors (Lipinski definition) is 3. The highest BCUT2D eigenvalue weighted by molar-refractivity contribution is 5.67. The zero-order valence-electron chi connectivity index (χ0n) is 15.4. The lowest BCUT2D eigenvalue weighted by Crippen LogP contribution is -2.49. The van der Waals surface area contributed by atoms with Crippen LogP contribution in [0.25, 0.3) is 0 Å². The summed E-state index contributed by atoms with van der Waals surface area (Å²) < 4.78 is 5.33. The van der Waals surface area contributed by atoms with E-state index in [0.29, 0.717) is 30.5 Å². The molecule has 0 heterocycles. The molecule has 0 spiro atoms. The molecule has 3 unspecified atom stereocenters. The van der Waals surface area contributed by atoms with Gasteiger partial charge in [0.05, 0.1) is 0 Å². The van der Waals surface area contributed by atoms with Crippen molar-refractivity contribution in [3.8, 4) is 0 Å². The number of nitrogens with one attached hydrogen (secondary N) is 2. The molecule has 0 saturated heterocycles. The number of rotatable bonds is 6. The smallest absolute Gasteiger partial charge is 0.407 e. The Bertz CT molecular complexity index is 336. The van der Waals surface area contributed by atoms with Gasteiger partial charge in [0.1, 0.15) is 5.60 Å². The van der Waals surface area contributed by atoms with E-state index in [1.54, 1.807) is 0 Å². The predicted molar refractivity (Wildman–Crippen MR) is 92.0 cm³/mol. The summed E-state index contributed by atoms with van der Waals surface area (Å²) in [5, 5.41) is 6.79. The second kappa shape index (κ2) is 8.76. The number of ether oxygens (including phenoxy) is 1. The summed E-state index contributed by atoms with van der Waals surface area (Å²) in [7, 11) is 0. The lowest BCUT2D eigenvalue weighted by Gasteiger charge is -2.36. The summed E-state index contributed by atoms with van der Waals surface area (Å²) in [6.07, 6.45) is 5.80. The summed E-state index contributed by atoms with van der Waals surface area (Å²) in [6.45, 7) is 13.2. The standard InChI is InChI=1S/C18H36N2O2/c1-7-15(13(2)3)20-16-11-9-8-10-14(16)12-19-17(21)22-18(4,5)6/h13-16,20H,7-12H2,1-6H3,(H,19,21). The second-order valence-electron chi connectivity index (χ2n) is 7.96. The van der Waals surface area contributed by atoms with Crippen molar-refractivity contribution >= 4 is 6.09 Å². The summed E-state index contributed by atoms with van der Waals surface area (Å²) in [5.41, 5.74) is -0.431. The van der Waals surface area contributed by atoms with Gasteiger partial charge in [0.15, 0.2) is 0 Å². The van der Waals surface area contributed by atoms with E-state index in [1.165, 1.54) is 25.7 Å². The molecule has 2 N–H and O–H groups in total. The van der Waals surface area contributed by atoms with Crippen molar-refractivity contribution in [3.05, 3.63) is 0 Å². The molecule has 130 valence electrons. The molecule has 0 aliphatic heterocycles. The van der Waals surface area contributed by atoms with Gasteiger partial charge >= 0.3 is 6.09 Å². The third-order valence-corrected chi connectivity index (χ3v) is 4.49. The number of alkyl carbamates (subject to hydrolysis) is 1. The SMILES string of the molecule is CCC(NC1CCCCC1CNC(=O)OC(C)(C)C)C(C)C. The maximum absolute atomic E-state index is 11.8. The van der Waals surface area contributed by atoms with E-state index in [1.807, 2.05) is 20.8 Å². The zero-order valence-corrected chi connectivity index (χ0v) is 15.4. The molecule has 0 aromatic carbocycles. The number of carbonyl (C=O) groups is 1. The largest absolute Gasteiger partial charge is 0.444 e. The molecule has 3 atom stereocenters. The lowest BCUT2D eigenvalue weighted by molar-refractivity contribution is 0.0509. The number of amides is 1. The molecular formula is C18H36N2O2. The minimum Gasteiger partial charge on any atom is -0.444 e. The Labute approximate surface area is 136 Å². The molecule has 1 aliphatic rings. The fraction of sp³-hybridized carbons (Fsp3) is 0.944. The van der Waals surface area contributed by atoms with Crippen LogP contribution in [0.5, 0.6) is 0 Å². The Morgan fingerprint density at radius 3 is 2.41 bits per heavy atom. The maximum Gasteiger partial charge on any atom is 0.407 e. The van der Waals surface area contributed by atoms with Crippen LogP contribution in [0, 0.1) is 11.8 Å². The fourth-order valence-electron chi connectivity index (χ4n) is 3.26. The van der Waals surface area contributed by atoms with Gasteiger partial charge in [-0.25, -0.2) is 4.79 Å². The first-order chi connectivity index (χ1) is 10.2. The van der Waals surface area contributed by atoms with Crippen LogP contribution in [0.4, 0.5) is 4.79 Å². The van der Waals surface area contributed by atoms with Crippen molar-refractivity contribution in [2.45, 2.75) is 91.3 Å². The maximum atomic E-state index is 11.8. The van der Waals surface area contributed by atoms with Crippen LogP contribution < -0.4 is 10.6 Å². The molecule has 22 heavy (non-hydrogen) atoms. The van der Waals surface area contributed by atoms with E-state index < -0.39 is 5.60 Å². The Morgan fingerprint density at radius 1 is 1.23 bits per heavy atom. The quantitative estimate of drug-likeness (QED) is 0.776. The zero-order chi connectivity index (χ0) is 16.8. The molecule has 1 saturated carbocycles. The van der Waals surface area contributed by atoms with Crippen molar-refractivity contribution < 1.29 is 9.53 Å². The van der Waals surface area contributed by atoms with Crippen LogP contribution in [0.2, 0.25) is 0 Å². The monoisotopic (exact) mass is 312 g/mol. The van der Waals surface area contributed by atoms with Crippen molar-refractivity contribution in [2.24, 2.45) is 11.8 Å². The van der Waals surface area contributed by atoms with Gasteiger partial charge in [-0.2, -0.15) is 0 Å². The average molecular weight is 312 g/mol. The van der Waals surface area contributed by atoms with Crippen LogP contribution >= 0.6 is 0 Å².